The van der Waals surface area contributed by atoms with Gasteiger partial charge in [0, 0.05) is 25.7 Å². The molecule has 0 saturated carbocycles. The maximum absolute atomic E-state index is 13.1. The third kappa shape index (κ3) is 72.2. The molecule has 0 aliphatic heterocycles. The van der Waals surface area contributed by atoms with Crippen molar-refractivity contribution < 1.29 is 80.2 Å². The average Bonchev–Trinajstić information content (AvgIpc) is 1.23. The van der Waals surface area contributed by atoms with Gasteiger partial charge in [-0.25, -0.2) is 9.13 Å². The van der Waals surface area contributed by atoms with Gasteiger partial charge in [-0.2, -0.15) is 0 Å². The lowest BCUT2D eigenvalue weighted by Gasteiger charge is -2.21. The van der Waals surface area contributed by atoms with Gasteiger partial charge in [0.25, 0.3) is 0 Å². The molecule has 0 saturated heterocycles. The second kappa shape index (κ2) is 69.8. The van der Waals surface area contributed by atoms with Crippen LogP contribution in [0, 0.1) is 11.8 Å². The minimum atomic E-state index is -4.96. The van der Waals surface area contributed by atoms with Crippen LogP contribution in [-0.2, 0) is 65.4 Å². The molecule has 0 bridgehead atoms. The Morgan fingerprint density at radius 2 is 0.474 bits per heavy atom. The zero-order valence-corrected chi connectivity index (χ0v) is 65.2. The molecule has 576 valence electrons. The van der Waals surface area contributed by atoms with Gasteiger partial charge < -0.3 is 33.8 Å². The predicted octanol–water partition coefficient (Wildman–Crippen LogP) is 23.1. The number of aliphatic hydroxyl groups is 1. The van der Waals surface area contributed by atoms with Crippen LogP contribution in [0.25, 0.3) is 0 Å². The topological polar surface area (TPSA) is 237 Å². The minimum absolute atomic E-state index is 0.106. The van der Waals surface area contributed by atoms with E-state index in [1.54, 1.807) is 0 Å². The number of rotatable bonds is 77. The molecule has 0 aromatic carbocycles. The first-order chi connectivity index (χ1) is 46.9. The number of carbonyl (C=O) groups is 4. The minimum Gasteiger partial charge on any atom is -0.462 e. The van der Waals surface area contributed by atoms with Gasteiger partial charge in [0.15, 0.2) is 12.2 Å². The third-order valence-corrected chi connectivity index (χ3v) is 20.1. The first-order valence-corrected chi connectivity index (χ1v) is 43.5. The molecule has 0 aromatic heterocycles. The van der Waals surface area contributed by atoms with Gasteiger partial charge in [0.1, 0.15) is 19.3 Å². The molecule has 0 heterocycles. The third-order valence-electron chi connectivity index (χ3n) is 18.2. The van der Waals surface area contributed by atoms with Crippen LogP contribution in [0.3, 0.4) is 0 Å². The molecule has 0 rings (SSSR count). The van der Waals surface area contributed by atoms with Crippen LogP contribution in [0.2, 0.25) is 0 Å². The summed E-state index contributed by atoms with van der Waals surface area (Å²) in [6, 6.07) is 0. The van der Waals surface area contributed by atoms with E-state index in [2.05, 4.69) is 41.5 Å². The number of unbranched alkanes of at least 4 members (excludes halogenated alkanes) is 47. The Labute approximate surface area is 594 Å². The summed E-state index contributed by atoms with van der Waals surface area (Å²) in [5.41, 5.74) is 0. The van der Waals surface area contributed by atoms with E-state index in [1.165, 1.54) is 218 Å². The Bertz CT molecular complexity index is 1870. The van der Waals surface area contributed by atoms with E-state index in [0.717, 1.165) is 102 Å². The monoisotopic (exact) mass is 1420 g/mol. The molecule has 5 atom stereocenters. The van der Waals surface area contributed by atoms with Crippen molar-refractivity contribution in [2.24, 2.45) is 11.8 Å². The molecule has 0 fully saturated rings. The van der Waals surface area contributed by atoms with E-state index in [4.69, 9.17) is 37.0 Å². The van der Waals surface area contributed by atoms with E-state index in [-0.39, 0.29) is 25.7 Å². The van der Waals surface area contributed by atoms with E-state index in [0.29, 0.717) is 31.6 Å². The summed E-state index contributed by atoms with van der Waals surface area (Å²) in [5, 5.41) is 10.6. The Hall–Kier alpha value is -1.94. The smallest absolute Gasteiger partial charge is 0.462 e. The van der Waals surface area contributed by atoms with Crippen LogP contribution in [0.4, 0.5) is 0 Å². The molecule has 0 spiro atoms. The normalized spacial score (nSPS) is 14.0. The van der Waals surface area contributed by atoms with Gasteiger partial charge in [0.05, 0.1) is 26.4 Å². The van der Waals surface area contributed by atoms with Crippen LogP contribution in [0.1, 0.15) is 408 Å². The number of hydrogen-bond acceptors (Lipinski definition) is 15. The molecule has 19 heteroatoms. The van der Waals surface area contributed by atoms with Crippen molar-refractivity contribution in [3.05, 3.63) is 0 Å². The van der Waals surface area contributed by atoms with Gasteiger partial charge in [-0.1, -0.05) is 356 Å². The van der Waals surface area contributed by atoms with Crippen molar-refractivity contribution >= 4 is 39.5 Å². The first kappa shape index (κ1) is 95.1. The molecule has 0 amide bonds. The van der Waals surface area contributed by atoms with Crippen molar-refractivity contribution in [1.29, 1.82) is 0 Å². The molecular weight excluding hydrogens is 1270 g/mol. The molecule has 3 N–H and O–H groups in total. The average molecular weight is 1420 g/mol. The summed E-state index contributed by atoms with van der Waals surface area (Å²) in [6.45, 7) is 9.55. The molecule has 2 unspecified atom stereocenters. The molecule has 17 nitrogen and oxygen atoms in total. The highest BCUT2D eigenvalue weighted by Gasteiger charge is 2.30. The zero-order valence-electron chi connectivity index (χ0n) is 63.4. The van der Waals surface area contributed by atoms with Gasteiger partial charge >= 0.3 is 39.5 Å². The van der Waals surface area contributed by atoms with E-state index >= 15 is 0 Å². The fraction of sp³-hybridized carbons (Fsp3) is 0.949. The van der Waals surface area contributed by atoms with Gasteiger partial charge in [0.2, 0.25) is 0 Å². The quantitative estimate of drug-likeness (QED) is 0.0222. The van der Waals surface area contributed by atoms with Crippen LogP contribution >= 0.6 is 15.6 Å². The summed E-state index contributed by atoms with van der Waals surface area (Å²) in [5.74, 6) is -0.629. The summed E-state index contributed by atoms with van der Waals surface area (Å²) in [4.78, 5) is 72.8. The number of carbonyl (C=O) groups excluding carboxylic acids is 4. The van der Waals surface area contributed by atoms with Crippen molar-refractivity contribution in [3.8, 4) is 0 Å². The Balaban J connectivity index is 5.20. The summed E-state index contributed by atoms with van der Waals surface area (Å²) in [6.07, 6.45) is 58.5. The lowest BCUT2D eigenvalue weighted by molar-refractivity contribution is -0.161. The highest BCUT2D eigenvalue weighted by molar-refractivity contribution is 7.47. The number of hydrogen-bond donors (Lipinski definition) is 3. The fourth-order valence-corrected chi connectivity index (χ4v) is 13.6. The molecular formula is C78H152O17P2. The number of phosphoric acid groups is 2. The highest BCUT2D eigenvalue weighted by atomic mass is 31.2. The lowest BCUT2D eigenvalue weighted by Crippen LogP contribution is -2.30. The van der Waals surface area contributed by atoms with E-state index < -0.39 is 97.5 Å². The van der Waals surface area contributed by atoms with Crippen molar-refractivity contribution in [3.63, 3.8) is 0 Å². The van der Waals surface area contributed by atoms with Crippen LogP contribution in [0.15, 0.2) is 0 Å². The number of aliphatic hydroxyl groups excluding tert-OH is 1. The van der Waals surface area contributed by atoms with Gasteiger partial charge in [-0.15, -0.1) is 0 Å². The van der Waals surface area contributed by atoms with Crippen molar-refractivity contribution in [2.45, 2.75) is 426 Å². The van der Waals surface area contributed by atoms with Crippen molar-refractivity contribution in [2.75, 3.05) is 39.6 Å². The molecule has 0 aromatic rings. The highest BCUT2D eigenvalue weighted by Crippen LogP contribution is 2.45. The first-order valence-electron chi connectivity index (χ1n) is 40.5. The second-order valence-corrected chi connectivity index (χ2v) is 32.0. The van der Waals surface area contributed by atoms with Crippen molar-refractivity contribution in [1.82, 2.24) is 0 Å². The zero-order chi connectivity index (χ0) is 71.4. The van der Waals surface area contributed by atoms with Gasteiger partial charge in [-0.05, 0) is 37.5 Å². The SMILES string of the molecule is CCCCCCCCCCCCCCCCCCCCCC(=O)O[C@H](COC(=O)CCCCCCCCCCCCCCCCCC(C)C)COP(=O)(O)OC[C@@H](O)COP(=O)(O)OC[C@@H](COC(=O)CCCCCCCCC(C)C)OC(=O)CCCCCCCCCCCCC. The Morgan fingerprint density at radius 1 is 0.278 bits per heavy atom. The lowest BCUT2D eigenvalue weighted by atomic mass is 10.0. The largest absolute Gasteiger partial charge is 0.472 e. The number of phosphoric ester groups is 2. The molecule has 0 radical (unpaired) electrons. The standard InChI is InChI=1S/C78H152O17P2/c1-7-9-11-13-15-17-19-20-21-22-23-24-27-31-35-39-43-51-57-63-78(83)94-73(66-88-75(80)60-54-48-41-37-34-30-28-25-26-29-33-36-40-46-52-58-70(3)4)68-92-96(84,85)90-64-72(79)65-91-97(86,87)93-69-74(67-89-76(81)61-55-49-45-44-47-53-59-71(5)6)95-77(82)62-56-50-42-38-32-18-16-14-12-10-8-2/h70-74,79H,7-69H2,1-6H3,(H,84,85)(H,86,87)/t72-,73-,74-/m1/s1. The van der Waals surface area contributed by atoms with Gasteiger partial charge in [-0.3, -0.25) is 37.3 Å². The number of ether oxygens (including phenoxy) is 4. The number of esters is 4. The Morgan fingerprint density at radius 3 is 0.701 bits per heavy atom. The second-order valence-electron chi connectivity index (χ2n) is 29.1. The van der Waals surface area contributed by atoms with Crippen LogP contribution < -0.4 is 0 Å². The Kier molecular flexibility index (Phi) is 68.4. The summed E-state index contributed by atoms with van der Waals surface area (Å²) in [7, 11) is -9.91. The van der Waals surface area contributed by atoms with E-state index in [1.807, 2.05) is 0 Å². The maximum Gasteiger partial charge on any atom is 0.472 e. The van der Waals surface area contributed by atoms with E-state index in [9.17, 15) is 43.2 Å². The fourth-order valence-electron chi connectivity index (χ4n) is 12.0. The molecule has 0 aliphatic carbocycles. The van der Waals surface area contributed by atoms with Crippen LogP contribution in [0.5, 0.6) is 0 Å². The summed E-state index contributed by atoms with van der Waals surface area (Å²) < 4.78 is 68.5. The maximum atomic E-state index is 13.1. The predicted molar refractivity (Wildman–Crippen MR) is 395 cm³/mol. The molecule has 0 aliphatic rings. The summed E-state index contributed by atoms with van der Waals surface area (Å²) >= 11 is 0. The van der Waals surface area contributed by atoms with Crippen LogP contribution in [-0.4, -0.2) is 96.7 Å². The molecule has 97 heavy (non-hydrogen) atoms.